The lowest BCUT2D eigenvalue weighted by atomic mass is 10.1. The van der Waals surface area contributed by atoms with Gasteiger partial charge in [0.25, 0.3) is 5.91 Å². The number of hydrogen-bond donors (Lipinski definition) is 1. The number of aromatic nitrogens is 3. The zero-order valence-electron chi connectivity index (χ0n) is 15.3. The maximum atomic E-state index is 12.4. The Bertz CT molecular complexity index is 1100. The fourth-order valence-corrected chi connectivity index (χ4v) is 4.14. The zero-order valence-corrected chi connectivity index (χ0v) is 16.1. The first-order chi connectivity index (χ1) is 13.1. The first-order valence-corrected chi connectivity index (χ1v) is 9.73. The highest BCUT2D eigenvalue weighted by molar-refractivity contribution is 7.17. The molecule has 5 nitrogen and oxygen atoms in total. The molecule has 136 valence electrons. The molecule has 0 aliphatic heterocycles. The van der Waals surface area contributed by atoms with E-state index in [1.807, 2.05) is 38.1 Å². The van der Waals surface area contributed by atoms with Crippen molar-refractivity contribution in [3.63, 3.8) is 0 Å². The second kappa shape index (κ2) is 7.32. The highest BCUT2D eigenvalue weighted by Crippen LogP contribution is 2.25. The summed E-state index contributed by atoms with van der Waals surface area (Å²) in [5.41, 5.74) is 3.78. The van der Waals surface area contributed by atoms with E-state index in [0.29, 0.717) is 17.9 Å². The summed E-state index contributed by atoms with van der Waals surface area (Å²) in [6.07, 6.45) is 2.41. The fourth-order valence-electron chi connectivity index (χ4n) is 3.15. The standard InChI is InChI=1S/C21H20N4OS/c1-14-11-15(2)25(24-14)20-8-7-16(12-23-20)21(26)22-10-9-17-13-27-19-6-4-3-5-18(17)19/h3-8,11-13H,9-10H2,1-2H3,(H,22,26). The van der Waals surface area contributed by atoms with E-state index in [1.54, 1.807) is 28.3 Å². The van der Waals surface area contributed by atoms with E-state index >= 15 is 0 Å². The molecule has 0 unspecified atom stereocenters. The first kappa shape index (κ1) is 17.4. The summed E-state index contributed by atoms with van der Waals surface area (Å²) in [5, 5.41) is 10.8. The lowest BCUT2D eigenvalue weighted by molar-refractivity contribution is 0.0954. The molecule has 4 aromatic rings. The zero-order chi connectivity index (χ0) is 18.8. The van der Waals surface area contributed by atoms with Gasteiger partial charge < -0.3 is 5.32 Å². The van der Waals surface area contributed by atoms with Crippen LogP contribution in [-0.4, -0.2) is 27.2 Å². The SMILES string of the molecule is Cc1cc(C)n(-c2ccc(C(=O)NCCc3csc4ccccc34)cn2)n1. The number of nitrogens with one attached hydrogen (secondary N) is 1. The third-order valence-electron chi connectivity index (χ3n) is 4.48. The molecule has 0 radical (unpaired) electrons. The molecule has 0 spiro atoms. The summed E-state index contributed by atoms with van der Waals surface area (Å²) in [7, 11) is 0. The van der Waals surface area contributed by atoms with Crippen molar-refractivity contribution in [2.45, 2.75) is 20.3 Å². The lowest BCUT2D eigenvalue weighted by Gasteiger charge is -2.07. The van der Waals surface area contributed by atoms with Gasteiger partial charge in [0.05, 0.1) is 11.3 Å². The number of hydrogen-bond acceptors (Lipinski definition) is 4. The fraction of sp³-hybridized carbons (Fsp3) is 0.190. The minimum Gasteiger partial charge on any atom is -0.352 e. The highest BCUT2D eigenvalue weighted by Gasteiger charge is 2.09. The van der Waals surface area contributed by atoms with Crippen molar-refractivity contribution in [2.24, 2.45) is 0 Å². The number of amides is 1. The Balaban J connectivity index is 1.39. The predicted octanol–water partition coefficient (Wildman–Crippen LogP) is 4.07. The van der Waals surface area contributed by atoms with Crippen LogP contribution < -0.4 is 5.32 Å². The van der Waals surface area contributed by atoms with Gasteiger partial charge in [0, 0.05) is 23.1 Å². The molecule has 0 saturated carbocycles. The van der Waals surface area contributed by atoms with E-state index in [1.165, 1.54) is 15.6 Å². The Morgan fingerprint density at radius 3 is 2.78 bits per heavy atom. The number of thiophene rings is 1. The largest absolute Gasteiger partial charge is 0.352 e. The number of fused-ring (bicyclic) bond motifs is 1. The van der Waals surface area contributed by atoms with Crippen LogP contribution >= 0.6 is 11.3 Å². The first-order valence-electron chi connectivity index (χ1n) is 8.85. The van der Waals surface area contributed by atoms with Crippen molar-refractivity contribution in [1.82, 2.24) is 20.1 Å². The van der Waals surface area contributed by atoms with Crippen molar-refractivity contribution < 1.29 is 4.79 Å². The number of pyridine rings is 1. The average molecular weight is 376 g/mol. The third kappa shape index (κ3) is 3.61. The van der Waals surface area contributed by atoms with Crippen LogP contribution in [0.2, 0.25) is 0 Å². The maximum absolute atomic E-state index is 12.4. The summed E-state index contributed by atoms with van der Waals surface area (Å²) in [6.45, 7) is 4.53. The Hall–Kier alpha value is -2.99. The van der Waals surface area contributed by atoms with Crippen LogP contribution in [0.4, 0.5) is 0 Å². The van der Waals surface area contributed by atoms with Gasteiger partial charge in [-0.3, -0.25) is 4.79 Å². The molecule has 1 aromatic carbocycles. The molecule has 0 bridgehead atoms. The van der Waals surface area contributed by atoms with E-state index in [-0.39, 0.29) is 5.91 Å². The number of carbonyl (C=O) groups excluding carboxylic acids is 1. The molecular weight excluding hydrogens is 356 g/mol. The van der Waals surface area contributed by atoms with Gasteiger partial charge in [-0.25, -0.2) is 9.67 Å². The Labute approximate surface area is 161 Å². The van der Waals surface area contributed by atoms with Crippen LogP contribution in [0.1, 0.15) is 27.3 Å². The van der Waals surface area contributed by atoms with Crippen LogP contribution in [0.3, 0.4) is 0 Å². The summed E-state index contributed by atoms with van der Waals surface area (Å²) in [4.78, 5) is 16.8. The third-order valence-corrected chi connectivity index (χ3v) is 5.49. The summed E-state index contributed by atoms with van der Waals surface area (Å²) in [5.74, 6) is 0.601. The van der Waals surface area contributed by atoms with Gasteiger partial charge in [-0.15, -0.1) is 11.3 Å². The summed E-state index contributed by atoms with van der Waals surface area (Å²) < 4.78 is 3.06. The van der Waals surface area contributed by atoms with Crippen LogP contribution in [0.5, 0.6) is 0 Å². The van der Waals surface area contributed by atoms with Gasteiger partial charge in [0.15, 0.2) is 5.82 Å². The van der Waals surface area contributed by atoms with Crippen molar-refractivity contribution >= 4 is 27.3 Å². The Morgan fingerprint density at radius 1 is 1.19 bits per heavy atom. The van der Waals surface area contributed by atoms with E-state index in [9.17, 15) is 4.79 Å². The molecule has 27 heavy (non-hydrogen) atoms. The Kier molecular flexibility index (Phi) is 4.73. The van der Waals surface area contributed by atoms with Crippen molar-refractivity contribution in [3.05, 3.63) is 76.6 Å². The van der Waals surface area contributed by atoms with Crippen LogP contribution in [-0.2, 0) is 6.42 Å². The molecule has 0 aliphatic rings. The lowest BCUT2D eigenvalue weighted by Crippen LogP contribution is -2.25. The van der Waals surface area contributed by atoms with Crippen molar-refractivity contribution in [3.8, 4) is 5.82 Å². The van der Waals surface area contributed by atoms with E-state index in [2.05, 4.69) is 32.9 Å². The van der Waals surface area contributed by atoms with E-state index in [0.717, 1.165) is 17.8 Å². The molecule has 3 heterocycles. The monoisotopic (exact) mass is 376 g/mol. The maximum Gasteiger partial charge on any atom is 0.252 e. The summed E-state index contributed by atoms with van der Waals surface area (Å²) >= 11 is 1.74. The number of nitrogens with zero attached hydrogens (tertiary/aromatic N) is 3. The number of benzene rings is 1. The smallest absolute Gasteiger partial charge is 0.252 e. The molecule has 0 fully saturated rings. The Morgan fingerprint density at radius 2 is 2.04 bits per heavy atom. The topological polar surface area (TPSA) is 59.8 Å². The van der Waals surface area contributed by atoms with Gasteiger partial charge in [-0.1, -0.05) is 18.2 Å². The molecule has 4 rings (SSSR count). The molecule has 0 aliphatic carbocycles. The van der Waals surface area contributed by atoms with Crippen molar-refractivity contribution in [1.29, 1.82) is 0 Å². The molecule has 1 N–H and O–H groups in total. The van der Waals surface area contributed by atoms with Gasteiger partial charge >= 0.3 is 0 Å². The second-order valence-electron chi connectivity index (χ2n) is 6.51. The van der Waals surface area contributed by atoms with Gasteiger partial charge in [-0.05, 0) is 60.9 Å². The summed E-state index contributed by atoms with van der Waals surface area (Å²) in [6, 6.07) is 14.0. The highest BCUT2D eigenvalue weighted by atomic mass is 32.1. The number of aryl methyl sites for hydroxylation is 2. The minimum atomic E-state index is -0.109. The quantitative estimate of drug-likeness (QED) is 0.571. The van der Waals surface area contributed by atoms with Crippen LogP contribution in [0.15, 0.2) is 54.0 Å². The molecule has 1 amide bonds. The number of carbonyl (C=O) groups is 1. The normalized spacial score (nSPS) is 11.0. The molecular formula is C21H20N4OS. The van der Waals surface area contributed by atoms with Gasteiger partial charge in [0.2, 0.25) is 0 Å². The minimum absolute atomic E-state index is 0.109. The van der Waals surface area contributed by atoms with Gasteiger partial charge in [-0.2, -0.15) is 5.10 Å². The van der Waals surface area contributed by atoms with E-state index in [4.69, 9.17) is 0 Å². The van der Waals surface area contributed by atoms with Gasteiger partial charge in [0.1, 0.15) is 0 Å². The molecule has 3 aromatic heterocycles. The molecule has 6 heteroatoms. The second-order valence-corrected chi connectivity index (χ2v) is 7.42. The average Bonchev–Trinajstić information content (AvgIpc) is 3.24. The predicted molar refractivity (Wildman–Crippen MR) is 109 cm³/mol. The van der Waals surface area contributed by atoms with E-state index < -0.39 is 0 Å². The van der Waals surface area contributed by atoms with Crippen molar-refractivity contribution in [2.75, 3.05) is 6.54 Å². The molecule has 0 saturated heterocycles. The van der Waals surface area contributed by atoms with Crippen LogP contribution in [0, 0.1) is 13.8 Å². The number of rotatable bonds is 5. The van der Waals surface area contributed by atoms with Crippen LogP contribution in [0.25, 0.3) is 15.9 Å². The molecule has 0 atom stereocenters.